The maximum Gasteiger partial charge on any atom is 0.0992 e. The predicted octanol–water partition coefficient (Wildman–Crippen LogP) is 2.38. The van der Waals surface area contributed by atoms with E-state index in [1.54, 1.807) is 0 Å². The van der Waals surface area contributed by atoms with Crippen LogP contribution in [0.2, 0.25) is 0 Å². The average Bonchev–Trinajstić information content (AvgIpc) is 2.38. The quantitative estimate of drug-likeness (QED) is 0.732. The van der Waals surface area contributed by atoms with Gasteiger partial charge < -0.3 is 10.2 Å². The summed E-state index contributed by atoms with van der Waals surface area (Å²) in [6, 6.07) is 9.90. The highest BCUT2D eigenvalue weighted by Gasteiger charge is 2.01. The van der Waals surface area contributed by atoms with Crippen LogP contribution >= 0.6 is 0 Å². The molecule has 0 radical (unpaired) electrons. The Balaban J connectivity index is 2.36. The first-order chi connectivity index (χ1) is 8.27. The fourth-order valence-electron chi connectivity index (χ4n) is 1.68. The fourth-order valence-corrected chi connectivity index (χ4v) is 1.68. The Kier molecular flexibility index (Phi) is 6.13. The molecule has 0 aliphatic heterocycles. The van der Waals surface area contributed by atoms with Crippen molar-refractivity contribution in [2.24, 2.45) is 0 Å². The number of nitrogens with one attached hydrogen (secondary N) is 1. The first-order valence-corrected chi connectivity index (χ1v) is 6.20. The van der Waals surface area contributed by atoms with Gasteiger partial charge in [0.25, 0.3) is 0 Å². The molecule has 3 nitrogen and oxygen atoms in total. The third-order valence-electron chi connectivity index (χ3n) is 2.69. The number of nitrogens with zero attached hydrogens (tertiary/aromatic N) is 2. The van der Waals surface area contributed by atoms with Gasteiger partial charge in [0.15, 0.2) is 0 Å². The molecule has 3 heteroatoms. The van der Waals surface area contributed by atoms with E-state index in [2.05, 4.69) is 30.3 Å². The summed E-state index contributed by atoms with van der Waals surface area (Å²) in [6.45, 7) is 5.32. The standard InChI is InChI=1S/C14H21N3/c1-3-8-16-9-5-10-17(2)14-7-4-6-13(11-14)12-15/h4,6-7,11,16H,3,5,8-10H2,1-2H3. The van der Waals surface area contributed by atoms with Crippen LogP contribution in [0, 0.1) is 11.3 Å². The van der Waals surface area contributed by atoms with Crippen molar-refractivity contribution in [3.8, 4) is 6.07 Å². The summed E-state index contributed by atoms with van der Waals surface area (Å²) in [4.78, 5) is 2.19. The summed E-state index contributed by atoms with van der Waals surface area (Å²) >= 11 is 0. The Hall–Kier alpha value is -1.53. The summed E-state index contributed by atoms with van der Waals surface area (Å²) < 4.78 is 0. The van der Waals surface area contributed by atoms with Crippen LogP contribution in [0.3, 0.4) is 0 Å². The Morgan fingerprint density at radius 3 is 2.88 bits per heavy atom. The van der Waals surface area contributed by atoms with Crippen LogP contribution in [0.4, 0.5) is 5.69 Å². The maximum absolute atomic E-state index is 8.84. The highest BCUT2D eigenvalue weighted by molar-refractivity contribution is 5.50. The van der Waals surface area contributed by atoms with Gasteiger partial charge in [-0.15, -0.1) is 0 Å². The van der Waals surface area contributed by atoms with Crippen molar-refractivity contribution >= 4 is 5.69 Å². The normalized spacial score (nSPS) is 9.94. The lowest BCUT2D eigenvalue weighted by atomic mass is 10.2. The van der Waals surface area contributed by atoms with Crippen LogP contribution in [0.15, 0.2) is 24.3 Å². The molecule has 1 aromatic rings. The molecule has 0 heterocycles. The van der Waals surface area contributed by atoms with E-state index in [-0.39, 0.29) is 0 Å². The molecular weight excluding hydrogens is 210 g/mol. The lowest BCUT2D eigenvalue weighted by Crippen LogP contribution is -2.24. The lowest BCUT2D eigenvalue weighted by Gasteiger charge is -2.19. The molecule has 1 N–H and O–H groups in total. The Bertz CT molecular complexity index is 368. The van der Waals surface area contributed by atoms with Crippen molar-refractivity contribution in [3.05, 3.63) is 29.8 Å². The topological polar surface area (TPSA) is 39.1 Å². The average molecular weight is 231 g/mol. The molecule has 1 aromatic carbocycles. The predicted molar refractivity (Wildman–Crippen MR) is 72.2 cm³/mol. The molecule has 0 aromatic heterocycles. The molecule has 0 aliphatic carbocycles. The Morgan fingerprint density at radius 2 is 2.18 bits per heavy atom. The van der Waals surface area contributed by atoms with Gasteiger partial charge in [-0.2, -0.15) is 5.26 Å². The molecule has 92 valence electrons. The highest BCUT2D eigenvalue weighted by atomic mass is 15.1. The smallest absolute Gasteiger partial charge is 0.0992 e. The van der Waals surface area contributed by atoms with Gasteiger partial charge in [-0.1, -0.05) is 13.0 Å². The second-order valence-corrected chi connectivity index (χ2v) is 4.19. The summed E-state index contributed by atoms with van der Waals surface area (Å²) in [5.41, 5.74) is 1.83. The van der Waals surface area contributed by atoms with Crippen molar-refractivity contribution in [2.45, 2.75) is 19.8 Å². The van der Waals surface area contributed by atoms with E-state index in [4.69, 9.17) is 5.26 Å². The van der Waals surface area contributed by atoms with Gasteiger partial charge in [-0.05, 0) is 44.1 Å². The van der Waals surface area contributed by atoms with E-state index < -0.39 is 0 Å². The van der Waals surface area contributed by atoms with Gasteiger partial charge in [-0.25, -0.2) is 0 Å². The molecule has 1 rings (SSSR count). The molecule has 0 aliphatic rings. The van der Waals surface area contributed by atoms with Gasteiger partial charge in [0.1, 0.15) is 0 Å². The molecule has 0 bridgehead atoms. The van der Waals surface area contributed by atoms with E-state index >= 15 is 0 Å². The third kappa shape index (κ3) is 4.88. The van der Waals surface area contributed by atoms with Crippen LogP contribution in [-0.2, 0) is 0 Å². The van der Waals surface area contributed by atoms with Gasteiger partial charge >= 0.3 is 0 Å². The molecule has 0 fully saturated rings. The largest absolute Gasteiger partial charge is 0.375 e. The zero-order valence-electron chi connectivity index (χ0n) is 10.7. The van der Waals surface area contributed by atoms with Crippen LogP contribution in [0.5, 0.6) is 0 Å². The summed E-state index contributed by atoms with van der Waals surface area (Å²) in [5.74, 6) is 0. The van der Waals surface area contributed by atoms with Crippen LogP contribution in [-0.4, -0.2) is 26.7 Å². The number of hydrogen-bond acceptors (Lipinski definition) is 3. The van der Waals surface area contributed by atoms with E-state index in [9.17, 15) is 0 Å². The molecule has 17 heavy (non-hydrogen) atoms. The van der Waals surface area contributed by atoms with Gasteiger partial charge in [0, 0.05) is 19.3 Å². The molecule has 0 unspecified atom stereocenters. The third-order valence-corrected chi connectivity index (χ3v) is 2.69. The summed E-state index contributed by atoms with van der Waals surface area (Å²) in [5, 5.41) is 12.2. The van der Waals surface area contributed by atoms with Crippen molar-refractivity contribution < 1.29 is 0 Å². The fraction of sp³-hybridized carbons (Fsp3) is 0.500. The van der Waals surface area contributed by atoms with Crippen LogP contribution in [0.1, 0.15) is 25.3 Å². The van der Waals surface area contributed by atoms with Crippen LogP contribution < -0.4 is 10.2 Å². The molecule has 0 spiro atoms. The van der Waals surface area contributed by atoms with Crippen molar-refractivity contribution in [1.29, 1.82) is 5.26 Å². The van der Waals surface area contributed by atoms with Gasteiger partial charge in [0.05, 0.1) is 11.6 Å². The van der Waals surface area contributed by atoms with Crippen molar-refractivity contribution in [1.82, 2.24) is 5.32 Å². The minimum atomic E-state index is 0.721. The zero-order chi connectivity index (χ0) is 12.5. The molecule has 0 atom stereocenters. The van der Waals surface area contributed by atoms with Crippen molar-refractivity contribution in [3.63, 3.8) is 0 Å². The number of rotatable bonds is 7. The van der Waals surface area contributed by atoms with Gasteiger partial charge in [0.2, 0.25) is 0 Å². The SMILES string of the molecule is CCCNCCCN(C)c1cccc(C#N)c1. The summed E-state index contributed by atoms with van der Waals surface area (Å²) in [6.07, 6.45) is 2.30. The molecule has 0 amide bonds. The van der Waals surface area contributed by atoms with E-state index in [0.717, 1.165) is 37.3 Å². The zero-order valence-corrected chi connectivity index (χ0v) is 10.7. The number of hydrogen-bond donors (Lipinski definition) is 1. The first-order valence-electron chi connectivity index (χ1n) is 6.20. The maximum atomic E-state index is 8.84. The number of anilines is 1. The highest BCUT2D eigenvalue weighted by Crippen LogP contribution is 2.14. The van der Waals surface area contributed by atoms with E-state index in [1.807, 2.05) is 24.3 Å². The van der Waals surface area contributed by atoms with Gasteiger partial charge in [-0.3, -0.25) is 0 Å². The number of benzene rings is 1. The molecular formula is C14H21N3. The second kappa shape index (κ2) is 7.70. The number of nitriles is 1. The molecule has 0 saturated heterocycles. The minimum absolute atomic E-state index is 0.721. The minimum Gasteiger partial charge on any atom is -0.375 e. The second-order valence-electron chi connectivity index (χ2n) is 4.19. The first kappa shape index (κ1) is 13.5. The Morgan fingerprint density at radius 1 is 1.35 bits per heavy atom. The van der Waals surface area contributed by atoms with E-state index in [0.29, 0.717) is 0 Å². The Labute approximate surface area is 104 Å². The van der Waals surface area contributed by atoms with E-state index in [1.165, 1.54) is 6.42 Å². The van der Waals surface area contributed by atoms with Crippen LogP contribution in [0.25, 0.3) is 0 Å². The summed E-state index contributed by atoms with van der Waals surface area (Å²) in [7, 11) is 2.07. The van der Waals surface area contributed by atoms with Crippen molar-refractivity contribution in [2.75, 3.05) is 31.6 Å². The lowest BCUT2D eigenvalue weighted by molar-refractivity contribution is 0.637. The monoisotopic (exact) mass is 231 g/mol. The molecule has 0 saturated carbocycles.